The van der Waals surface area contributed by atoms with Gasteiger partial charge < -0.3 is 10.2 Å². The highest BCUT2D eigenvalue weighted by molar-refractivity contribution is 5.93. The molecule has 1 N–H and O–H groups in total. The van der Waals surface area contributed by atoms with Gasteiger partial charge in [0.1, 0.15) is 5.69 Å². The van der Waals surface area contributed by atoms with Gasteiger partial charge in [0.05, 0.1) is 5.69 Å². The zero-order valence-corrected chi connectivity index (χ0v) is 15.0. The third-order valence-electron chi connectivity index (χ3n) is 5.39. The highest BCUT2D eigenvalue weighted by atomic mass is 16.2. The van der Waals surface area contributed by atoms with E-state index in [9.17, 15) is 9.59 Å². The van der Waals surface area contributed by atoms with Crippen molar-refractivity contribution in [3.8, 4) is 0 Å². The monoisotopic (exact) mass is 344 g/mol. The maximum atomic E-state index is 12.7. The second-order valence-corrected chi connectivity index (χ2v) is 7.34. The summed E-state index contributed by atoms with van der Waals surface area (Å²) >= 11 is 0. The lowest BCUT2D eigenvalue weighted by atomic mass is 10.0. The van der Waals surface area contributed by atoms with Crippen molar-refractivity contribution in [2.45, 2.75) is 64.3 Å². The summed E-state index contributed by atoms with van der Waals surface area (Å²) in [5, 5.41) is 3.16. The summed E-state index contributed by atoms with van der Waals surface area (Å²) in [5.74, 6) is 0.370. The van der Waals surface area contributed by atoms with Crippen LogP contribution in [0, 0.1) is 5.92 Å². The van der Waals surface area contributed by atoms with Gasteiger partial charge in [-0.2, -0.15) is 0 Å². The summed E-state index contributed by atoms with van der Waals surface area (Å²) in [6.07, 6.45) is 11.9. The predicted octanol–water partition coefficient (Wildman–Crippen LogP) is 2.34. The Balaban J connectivity index is 1.64. The molecule has 0 spiro atoms. The van der Waals surface area contributed by atoms with Crippen LogP contribution >= 0.6 is 0 Å². The first kappa shape index (κ1) is 17.8. The number of nitrogens with zero attached hydrogens (tertiary/aromatic N) is 3. The van der Waals surface area contributed by atoms with Crippen molar-refractivity contribution in [2.24, 2.45) is 5.92 Å². The fourth-order valence-corrected chi connectivity index (χ4v) is 3.94. The highest BCUT2D eigenvalue weighted by Crippen LogP contribution is 2.22. The predicted molar refractivity (Wildman–Crippen MR) is 95.1 cm³/mol. The first-order chi connectivity index (χ1) is 12.1. The minimum absolute atomic E-state index is 0.101. The smallest absolute Gasteiger partial charge is 0.271 e. The Morgan fingerprint density at radius 1 is 1.12 bits per heavy atom. The summed E-state index contributed by atoms with van der Waals surface area (Å²) in [6.45, 7) is 3.15. The summed E-state index contributed by atoms with van der Waals surface area (Å²) in [5.41, 5.74) is 1.21. The quantitative estimate of drug-likeness (QED) is 0.851. The number of carbonyl (C=O) groups excluding carboxylic acids is 2. The largest absolute Gasteiger partial charge is 0.348 e. The van der Waals surface area contributed by atoms with Crippen LogP contribution in [-0.2, 0) is 11.2 Å². The first-order valence-corrected chi connectivity index (χ1v) is 9.49. The summed E-state index contributed by atoms with van der Waals surface area (Å²) in [7, 11) is 0. The fraction of sp³-hybridized carbons (Fsp3) is 0.684. The van der Waals surface area contributed by atoms with Crippen molar-refractivity contribution in [3.63, 3.8) is 0 Å². The van der Waals surface area contributed by atoms with Gasteiger partial charge in [-0.05, 0) is 31.6 Å². The number of hydrogen-bond donors (Lipinski definition) is 1. The Labute approximate surface area is 149 Å². The number of aromatic nitrogens is 2. The molecule has 2 fully saturated rings. The van der Waals surface area contributed by atoms with Gasteiger partial charge in [-0.25, -0.2) is 4.98 Å². The van der Waals surface area contributed by atoms with Gasteiger partial charge in [-0.15, -0.1) is 0 Å². The minimum atomic E-state index is -0.101. The summed E-state index contributed by atoms with van der Waals surface area (Å²) < 4.78 is 0. The lowest BCUT2D eigenvalue weighted by molar-refractivity contribution is -0.127. The summed E-state index contributed by atoms with van der Waals surface area (Å²) in [4.78, 5) is 34.8. The van der Waals surface area contributed by atoms with Crippen LogP contribution in [0.1, 0.15) is 68.1 Å². The zero-order valence-electron chi connectivity index (χ0n) is 15.0. The van der Waals surface area contributed by atoms with Gasteiger partial charge in [0, 0.05) is 38.4 Å². The van der Waals surface area contributed by atoms with E-state index in [2.05, 4.69) is 15.3 Å². The molecule has 6 heteroatoms. The van der Waals surface area contributed by atoms with Crippen LogP contribution in [0.2, 0.25) is 0 Å². The second kappa shape index (κ2) is 8.41. The summed E-state index contributed by atoms with van der Waals surface area (Å²) in [6, 6.07) is 0.254. The zero-order chi connectivity index (χ0) is 17.6. The van der Waals surface area contributed by atoms with Gasteiger partial charge in [-0.1, -0.05) is 25.7 Å². The molecular formula is C19H28N4O2. The number of carbonyl (C=O) groups is 2. The molecule has 2 amide bonds. The molecular weight excluding hydrogens is 316 g/mol. The Morgan fingerprint density at radius 3 is 2.52 bits per heavy atom. The maximum Gasteiger partial charge on any atom is 0.271 e. The second-order valence-electron chi connectivity index (χ2n) is 7.34. The van der Waals surface area contributed by atoms with Crippen molar-refractivity contribution in [1.29, 1.82) is 0 Å². The number of amides is 2. The normalized spacial score (nSPS) is 21.8. The topological polar surface area (TPSA) is 75.2 Å². The highest BCUT2D eigenvalue weighted by Gasteiger charge is 2.27. The van der Waals surface area contributed by atoms with Crippen molar-refractivity contribution in [2.75, 3.05) is 13.1 Å². The van der Waals surface area contributed by atoms with Crippen molar-refractivity contribution in [1.82, 2.24) is 20.2 Å². The van der Waals surface area contributed by atoms with Gasteiger partial charge in [0.15, 0.2) is 0 Å². The van der Waals surface area contributed by atoms with E-state index >= 15 is 0 Å². The Hall–Kier alpha value is -1.98. The molecule has 2 heterocycles. The number of hydrogen-bond acceptors (Lipinski definition) is 4. The van der Waals surface area contributed by atoms with Crippen LogP contribution in [0.3, 0.4) is 0 Å². The van der Waals surface area contributed by atoms with E-state index in [0.29, 0.717) is 18.0 Å². The molecule has 136 valence electrons. The van der Waals surface area contributed by atoms with Crippen molar-refractivity contribution in [3.05, 3.63) is 23.8 Å². The van der Waals surface area contributed by atoms with E-state index in [4.69, 9.17) is 0 Å². The molecule has 0 unspecified atom stereocenters. The molecule has 0 radical (unpaired) electrons. The van der Waals surface area contributed by atoms with E-state index < -0.39 is 0 Å². The molecule has 1 aliphatic carbocycles. The van der Waals surface area contributed by atoms with E-state index in [1.54, 1.807) is 19.3 Å². The van der Waals surface area contributed by atoms with Crippen LogP contribution in [0.25, 0.3) is 0 Å². The molecule has 2 aliphatic rings. The van der Waals surface area contributed by atoms with Crippen LogP contribution in [0.15, 0.2) is 12.4 Å². The SMILES string of the molecule is CC(=O)N1CC[C@H](Cc2nccnc2C(=O)NC2CCCCCC2)C1. The standard InChI is InChI=1S/C19H28N4O2/c1-14(24)23-11-8-15(13-23)12-17-18(21-10-9-20-17)19(25)22-16-6-4-2-3-5-7-16/h9-10,15-16H,2-8,11-13H2,1H3,(H,22,25)/t15-/m1/s1. The van der Waals surface area contributed by atoms with E-state index in [-0.39, 0.29) is 17.9 Å². The molecule has 1 aromatic rings. The first-order valence-electron chi connectivity index (χ1n) is 9.49. The number of nitrogens with one attached hydrogen (secondary N) is 1. The van der Waals surface area contributed by atoms with Crippen LogP contribution in [0.5, 0.6) is 0 Å². The van der Waals surface area contributed by atoms with E-state index in [1.165, 1.54) is 25.7 Å². The molecule has 1 saturated heterocycles. The molecule has 0 bridgehead atoms. The molecule has 1 atom stereocenters. The van der Waals surface area contributed by atoms with Crippen molar-refractivity contribution >= 4 is 11.8 Å². The Kier molecular flexibility index (Phi) is 6.00. The molecule has 0 aromatic carbocycles. The van der Waals surface area contributed by atoms with Gasteiger partial charge in [0.25, 0.3) is 5.91 Å². The Bertz CT molecular complexity index is 611. The lowest BCUT2D eigenvalue weighted by Gasteiger charge is -2.18. The lowest BCUT2D eigenvalue weighted by Crippen LogP contribution is -2.36. The van der Waals surface area contributed by atoms with Crippen molar-refractivity contribution < 1.29 is 9.59 Å². The van der Waals surface area contributed by atoms with Crippen LogP contribution in [-0.4, -0.2) is 45.8 Å². The van der Waals surface area contributed by atoms with E-state index in [1.807, 2.05) is 4.90 Å². The molecule has 1 saturated carbocycles. The average molecular weight is 344 g/mol. The molecule has 1 aromatic heterocycles. The molecule has 6 nitrogen and oxygen atoms in total. The fourth-order valence-electron chi connectivity index (χ4n) is 3.94. The van der Waals surface area contributed by atoms with Gasteiger partial charge in [0.2, 0.25) is 5.91 Å². The van der Waals surface area contributed by atoms with Crippen LogP contribution < -0.4 is 5.32 Å². The number of likely N-dealkylation sites (tertiary alicyclic amines) is 1. The third kappa shape index (κ3) is 4.77. The average Bonchev–Trinajstić information content (AvgIpc) is 2.92. The van der Waals surface area contributed by atoms with Gasteiger partial charge >= 0.3 is 0 Å². The Morgan fingerprint density at radius 2 is 1.84 bits per heavy atom. The van der Waals surface area contributed by atoms with Gasteiger partial charge in [-0.3, -0.25) is 14.6 Å². The molecule has 3 rings (SSSR count). The molecule has 25 heavy (non-hydrogen) atoms. The van der Waals surface area contributed by atoms with E-state index in [0.717, 1.165) is 38.0 Å². The third-order valence-corrected chi connectivity index (χ3v) is 5.39. The minimum Gasteiger partial charge on any atom is -0.348 e. The number of rotatable bonds is 4. The maximum absolute atomic E-state index is 12.7. The van der Waals surface area contributed by atoms with Crippen LogP contribution in [0.4, 0.5) is 0 Å². The molecule has 1 aliphatic heterocycles.